The van der Waals surface area contributed by atoms with Crippen LogP contribution in [0.25, 0.3) is 0 Å². The van der Waals surface area contributed by atoms with Crippen molar-refractivity contribution in [2.75, 3.05) is 19.7 Å². The summed E-state index contributed by atoms with van der Waals surface area (Å²) in [6, 6.07) is 24.8. The zero-order valence-corrected chi connectivity index (χ0v) is 18.7. The predicted molar refractivity (Wildman–Crippen MR) is 129 cm³/mol. The number of phenolic OH excluding ortho intramolecular Hbond substituents is 1. The molecule has 0 spiro atoms. The normalized spacial score (nSPS) is 17.3. The maximum atomic E-state index is 10.5. The van der Waals surface area contributed by atoms with Crippen LogP contribution in [0.3, 0.4) is 0 Å². The molecule has 0 bridgehead atoms. The fourth-order valence-electron chi connectivity index (χ4n) is 4.78. The number of fused-ring (bicyclic) bond motifs is 1. The highest BCUT2D eigenvalue weighted by atomic mass is 16.5. The number of carbonyl (C=O) groups is 1. The Bertz CT molecular complexity index is 1050. The second-order valence-corrected chi connectivity index (χ2v) is 8.58. The molecular weight excluding hydrogens is 414 g/mol. The maximum absolute atomic E-state index is 10.5. The van der Waals surface area contributed by atoms with Gasteiger partial charge in [-0.05, 0) is 78.2 Å². The largest absolute Gasteiger partial charge is 0.508 e. The van der Waals surface area contributed by atoms with Crippen molar-refractivity contribution in [2.45, 2.75) is 37.5 Å². The molecule has 0 aromatic heterocycles. The van der Waals surface area contributed by atoms with E-state index in [9.17, 15) is 9.90 Å². The van der Waals surface area contributed by atoms with Gasteiger partial charge in [-0.15, -0.1) is 0 Å². The van der Waals surface area contributed by atoms with E-state index in [0.717, 1.165) is 18.6 Å². The van der Waals surface area contributed by atoms with E-state index in [1.165, 1.54) is 22.3 Å². The number of carboxylic acids is 1. The number of phenols is 1. The minimum Gasteiger partial charge on any atom is -0.508 e. The summed E-state index contributed by atoms with van der Waals surface area (Å²) in [6.07, 6.45) is 2.80. The Morgan fingerprint density at radius 3 is 2.52 bits per heavy atom. The van der Waals surface area contributed by atoms with Crippen LogP contribution in [0, 0.1) is 0 Å². The van der Waals surface area contributed by atoms with Gasteiger partial charge >= 0.3 is 5.97 Å². The lowest BCUT2D eigenvalue weighted by Gasteiger charge is -2.34. The molecule has 5 heteroatoms. The van der Waals surface area contributed by atoms with Gasteiger partial charge in [0.2, 0.25) is 0 Å². The van der Waals surface area contributed by atoms with Gasteiger partial charge in [-0.2, -0.15) is 0 Å². The number of aromatic hydroxyl groups is 1. The number of hydrogen-bond donors (Lipinski definition) is 3. The van der Waals surface area contributed by atoms with Gasteiger partial charge in [-0.25, -0.2) is 0 Å². The van der Waals surface area contributed by atoms with Crippen molar-refractivity contribution >= 4 is 5.97 Å². The number of carboxylic acid groups (broad SMARTS) is 1. The quantitative estimate of drug-likeness (QED) is 0.379. The van der Waals surface area contributed by atoms with E-state index in [4.69, 9.17) is 9.84 Å². The fourth-order valence-corrected chi connectivity index (χ4v) is 4.78. The van der Waals surface area contributed by atoms with Crippen molar-refractivity contribution in [3.8, 4) is 11.5 Å². The molecule has 5 nitrogen and oxygen atoms in total. The average molecular weight is 446 g/mol. The second-order valence-electron chi connectivity index (χ2n) is 8.58. The van der Waals surface area contributed by atoms with Crippen molar-refractivity contribution in [3.05, 3.63) is 95.1 Å². The molecule has 0 saturated heterocycles. The highest BCUT2D eigenvalue weighted by Crippen LogP contribution is 2.47. The first kappa shape index (κ1) is 22.9. The lowest BCUT2D eigenvalue weighted by molar-refractivity contribution is -0.137. The van der Waals surface area contributed by atoms with E-state index >= 15 is 0 Å². The summed E-state index contributed by atoms with van der Waals surface area (Å²) in [5.41, 5.74) is 5.10. The van der Waals surface area contributed by atoms with E-state index in [-0.39, 0.29) is 12.3 Å². The first-order valence-electron chi connectivity index (χ1n) is 11.6. The van der Waals surface area contributed by atoms with Gasteiger partial charge in [0, 0.05) is 18.9 Å². The Morgan fingerprint density at radius 1 is 0.970 bits per heavy atom. The molecule has 3 aromatic rings. The molecule has 33 heavy (non-hydrogen) atoms. The third-order valence-electron chi connectivity index (χ3n) is 6.35. The topological polar surface area (TPSA) is 78.8 Å². The number of aryl methyl sites for hydroxylation is 1. The molecule has 0 radical (unpaired) electrons. The van der Waals surface area contributed by atoms with Crippen molar-refractivity contribution < 1.29 is 19.7 Å². The lowest BCUT2D eigenvalue weighted by atomic mass is 9.69. The van der Waals surface area contributed by atoms with Gasteiger partial charge in [0.15, 0.2) is 0 Å². The molecule has 0 fully saturated rings. The third-order valence-corrected chi connectivity index (χ3v) is 6.35. The molecule has 2 atom stereocenters. The smallest absolute Gasteiger partial charge is 0.303 e. The molecule has 1 aliphatic rings. The molecule has 4 rings (SSSR count). The Balaban J connectivity index is 1.45. The summed E-state index contributed by atoms with van der Waals surface area (Å²) >= 11 is 0. The van der Waals surface area contributed by atoms with E-state index in [1.54, 1.807) is 6.07 Å². The molecule has 0 unspecified atom stereocenters. The van der Waals surface area contributed by atoms with Crippen LogP contribution in [0.5, 0.6) is 11.5 Å². The number of ether oxygens (including phenoxy) is 1. The number of nitrogens with one attached hydrogen (secondary N) is 1. The summed E-state index contributed by atoms with van der Waals surface area (Å²) in [4.78, 5) is 10.5. The highest BCUT2D eigenvalue weighted by molar-refractivity contribution is 5.66. The van der Waals surface area contributed by atoms with Gasteiger partial charge in [-0.1, -0.05) is 48.5 Å². The van der Waals surface area contributed by atoms with Crippen molar-refractivity contribution in [1.29, 1.82) is 0 Å². The number of hydrogen-bond acceptors (Lipinski definition) is 4. The van der Waals surface area contributed by atoms with Crippen molar-refractivity contribution in [2.24, 2.45) is 0 Å². The standard InChI is InChI=1S/C28H31NO4/c30-23-11-15-26-22(19-23)10-14-25(20-5-2-1-3-6-20)28(26)21-8-12-24(13-9-21)33-18-17-29-16-4-7-27(31)32/h1-3,5-6,8-9,11-13,15,19,25,28-30H,4,7,10,14,16-18H2,(H,31,32)/t25-,28+/m1/s1. The molecule has 0 amide bonds. The number of rotatable bonds is 10. The highest BCUT2D eigenvalue weighted by Gasteiger charge is 2.32. The number of benzene rings is 3. The van der Waals surface area contributed by atoms with Gasteiger partial charge in [-0.3, -0.25) is 4.79 Å². The zero-order chi connectivity index (χ0) is 23.0. The van der Waals surface area contributed by atoms with E-state index < -0.39 is 5.97 Å². The van der Waals surface area contributed by atoms with Crippen LogP contribution in [0.2, 0.25) is 0 Å². The average Bonchev–Trinajstić information content (AvgIpc) is 2.83. The van der Waals surface area contributed by atoms with Crippen LogP contribution in [0.1, 0.15) is 53.4 Å². The van der Waals surface area contributed by atoms with Crippen LogP contribution >= 0.6 is 0 Å². The van der Waals surface area contributed by atoms with E-state index in [2.05, 4.69) is 53.8 Å². The van der Waals surface area contributed by atoms with Gasteiger partial charge in [0.1, 0.15) is 18.1 Å². The van der Waals surface area contributed by atoms with Crippen LogP contribution < -0.4 is 10.1 Å². The zero-order valence-electron chi connectivity index (χ0n) is 18.7. The van der Waals surface area contributed by atoms with Gasteiger partial charge in [0.25, 0.3) is 0 Å². The summed E-state index contributed by atoms with van der Waals surface area (Å²) in [7, 11) is 0. The van der Waals surface area contributed by atoms with Gasteiger partial charge < -0.3 is 20.3 Å². The predicted octanol–water partition coefficient (Wildman–Crippen LogP) is 5.09. The van der Waals surface area contributed by atoms with E-state index in [0.29, 0.717) is 37.8 Å². The SMILES string of the molecule is O=C(O)CCCNCCOc1ccc([C@@H]2c3ccc(O)cc3CC[C@@H]2c2ccccc2)cc1. The Morgan fingerprint density at radius 2 is 1.76 bits per heavy atom. The first-order valence-corrected chi connectivity index (χ1v) is 11.6. The Kier molecular flexibility index (Phi) is 7.63. The molecule has 0 heterocycles. The molecule has 3 N–H and O–H groups in total. The van der Waals surface area contributed by atoms with Crippen molar-refractivity contribution in [1.82, 2.24) is 5.32 Å². The molecular formula is C28H31NO4. The number of aliphatic carboxylic acids is 1. The summed E-state index contributed by atoms with van der Waals surface area (Å²) in [5.74, 6) is 0.988. The minimum atomic E-state index is -0.764. The monoisotopic (exact) mass is 445 g/mol. The Hall–Kier alpha value is -3.31. The minimum absolute atomic E-state index is 0.184. The summed E-state index contributed by atoms with van der Waals surface area (Å²) in [5, 5.41) is 21.9. The summed E-state index contributed by atoms with van der Waals surface area (Å²) in [6.45, 7) is 1.88. The molecule has 1 aliphatic carbocycles. The van der Waals surface area contributed by atoms with Crippen LogP contribution in [-0.4, -0.2) is 35.9 Å². The third kappa shape index (κ3) is 5.93. The fraction of sp³-hybridized carbons (Fsp3) is 0.321. The lowest BCUT2D eigenvalue weighted by Crippen LogP contribution is -2.22. The van der Waals surface area contributed by atoms with E-state index in [1.807, 2.05) is 18.2 Å². The first-order chi connectivity index (χ1) is 16.1. The Labute approximate surface area is 195 Å². The molecule has 0 saturated carbocycles. The second kappa shape index (κ2) is 11.0. The molecule has 172 valence electrons. The van der Waals surface area contributed by atoms with Crippen LogP contribution in [0.4, 0.5) is 0 Å². The van der Waals surface area contributed by atoms with Crippen LogP contribution in [0.15, 0.2) is 72.8 Å². The van der Waals surface area contributed by atoms with Crippen LogP contribution in [-0.2, 0) is 11.2 Å². The molecule has 3 aromatic carbocycles. The van der Waals surface area contributed by atoms with Gasteiger partial charge in [0.05, 0.1) is 0 Å². The maximum Gasteiger partial charge on any atom is 0.303 e. The molecule has 0 aliphatic heterocycles. The summed E-state index contributed by atoms with van der Waals surface area (Å²) < 4.78 is 5.86. The van der Waals surface area contributed by atoms with Crippen molar-refractivity contribution in [3.63, 3.8) is 0 Å².